The average molecular weight is 221 g/mol. The summed E-state index contributed by atoms with van der Waals surface area (Å²) in [6.45, 7) is 2.52. The van der Waals surface area contributed by atoms with Gasteiger partial charge in [-0.05, 0) is 47.2 Å². The molecule has 1 aromatic carbocycles. The van der Waals surface area contributed by atoms with Crippen molar-refractivity contribution in [1.29, 1.82) is 0 Å². The fourth-order valence-electron chi connectivity index (χ4n) is 1.53. The van der Waals surface area contributed by atoms with Crippen LogP contribution in [0.2, 0.25) is 0 Å². The fourth-order valence-corrected chi connectivity index (χ4v) is 2.30. The molecule has 0 aliphatic rings. The van der Waals surface area contributed by atoms with Gasteiger partial charge in [-0.3, -0.25) is 0 Å². The Kier molecular flexibility index (Phi) is 2.84. The quantitative estimate of drug-likeness (QED) is 0.827. The van der Waals surface area contributed by atoms with E-state index in [0.717, 1.165) is 21.6 Å². The second kappa shape index (κ2) is 4.13. The van der Waals surface area contributed by atoms with Crippen LogP contribution in [0.1, 0.15) is 10.4 Å². The lowest BCUT2D eigenvalue weighted by atomic mass is 10.0. The molecule has 0 amide bonds. The van der Waals surface area contributed by atoms with Crippen molar-refractivity contribution in [1.82, 2.24) is 0 Å². The van der Waals surface area contributed by atoms with Crippen LogP contribution in [0.25, 0.3) is 11.1 Å². The highest BCUT2D eigenvalue weighted by atomic mass is 32.1. The molecule has 1 nitrogen and oxygen atoms in total. The van der Waals surface area contributed by atoms with Crippen molar-refractivity contribution in [2.45, 2.75) is 13.5 Å². The van der Waals surface area contributed by atoms with E-state index in [2.05, 4.69) is 0 Å². The zero-order valence-corrected chi connectivity index (χ0v) is 9.27. The third kappa shape index (κ3) is 2.08. The first kappa shape index (κ1) is 10.3. The van der Waals surface area contributed by atoms with Crippen molar-refractivity contribution in [3.05, 3.63) is 45.9 Å². The summed E-state index contributed by atoms with van der Waals surface area (Å²) in [6, 6.07) is 6.86. The lowest BCUT2D eigenvalue weighted by Gasteiger charge is -2.02. The first-order chi connectivity index (χ1) is 7.20. The molecule has 0 radical (unpaired) electrons. The Bertz CT molecular complexity index is 476. The molecule has 78 valence electrons. The minimum Gasteiger partial charge on any atom is -0.326 e. The van der Waals surface area contributed by atoms with Gasteiger partial charge in [0.1, 0.15) is 5.82 Å². The predicted octanol–water partition coefficient (Wildman–Crippen LogP) is 3.32. The van der Waals surface area contributed by atoms with Crippen LogP contribution in [-0.4, -0.2) is 0 Å². The highest BCUT2D eigenvalue weighted by Crippen LogP contribution is 2.28. The molecule has 0 saturated carbocycles. The van der Waals surface area contributed by atoms with Crippen molar-refractivity contribution in [3.8, 4) is 11.1 Å². The van der Waals surface area contributed by atoms with E-state index in [1.807, 2.05) is 18.4 Å². The first-order valence-electron chi connectivity index (χ1n) is 4.74. The second-order valence-electron chi connectivity index (χ2n) is 3.47. The number of hydrogen-bond donors (Lipinski definition) is 1. The smallest absolute Gasteiger partial charge is 0.123 e. The molecule has 0 unspecified atom stereocenters. The normalized spacial score (nSPS) is 10.6. The summed E-state index contributed by atoms with van der Waals surface area (Å²) < 4.78 is 13.1. The lowest BCUT2D eigenvalue weighted by Crippen LogP contribution is -1.91. The summed E-state index contributed by atoms with van der Waals surface area (Å²) in [7, 11) is 0. The highest BCUT2D eigenvalue weighted by Gasteiger charge is 2.05. The Morgan fingerprint density at radius 3 is 2.80 bits per heavy atom. The summed E-state index contributed by atoms with van der Waals surface area (Å²) in [6.07, 6.45) is 0. The van der Waals surface area contributed by atoms with Gasteiger partial charge in [0.05, 0.1) is 0 Å². The third-order valence-corrected chi connectivity index (χ3v) is 3.32. The third-order valence-electron chi connectivity index (χ3n) is 2.37. The van der Waals surface area contributed by atoms with Gasteiger partial charge in [0.15, 0.2) is 0 Å². The predicted molar refractivity (Wildman–Crippen MR) is 62.3 cm³/mol. The molecule has 1 heterocycles. The van der Waals surface area contributed by atoms with Crippen LogP contribution in [-0.2, 0) is 6.54 Å². The summed E-state index contributed by atoms with van der Waals surface area (Å²) in [5, 5.41) is 2.02. The molecular weight excluding hydrogens is 209 g/mol. The van der Waals surface area contributed by atoms with Gasteiger partial charge < -0.3 is 5.73 Å². The molecule has 0 saturated heterocycles. The van der Waals surface area contributed by atoms with Gasteiger partial charge in [-0.2, -0.15) is 0 Å². The van der Waals surface area contributed by atoms with E-state index >= 15 is 0 Å². The van der Waals surface area contributed by atoms with Gasteiger partial charge in [-0.15, -0.1) is 11.3 Å². The highest BCUT2D eigenvalue weighted by molar-refractivity contribution is 7.10. The molecule has 0 aliphatic heterocycles. The van der Waals surface area contributed by atoms with Crippen molar-refractivity contribution < 1.29 is 4.39 Å². The summed E-state index contributed by atoms with van der Waals surface area (Å²) in [5.74, 6) is -0.198. The zero-order valence-electron chi connectivity index (χ0n) is 8.46. The van der Waals surface area contributed by atoms with E-state index in [-0.39, 0.29) is 5.82 Å². The van der Waals surface area contributed by atoms with Crippen LogP contribution >= 0.6 is 11.3 Å². The standard InChI is InChI=1S/C12H12FNS/c1-8-2-3-10(13)5-12(8)9-4-11(6-14)15-7-9/h2-5,7H,6,14H2,1H3. The molecule has 2 N–H and O–H groups in total. The van der Waals surface area contributed by atoms with Gasteiger partial charge in [0, 0.05) is 11.4 Å². The van der Waals surface area contributed by atoms with Crippen LogP contribution in [0.3, 0.4) is 0 Å². The maximum atomic E-state index is 13.1. The molecule has 0 fully saturated rings. The lowest BCUT2D eigenvalue weighted by molar-refractivity contribution is 0.628. The summed E-state index contributed by atoms with van der Waals surface area (Å²) >= 11 is 1.61. The molecule has 0 spiro atoms. The second-order valence-corrected chi connectivity index (χ2v) is 4.46. The topological polar surface area (TPSA) is 26.0 Å². The molecule has 2 rings (SSSR count). The molecule has 15 heavy (non-hydrogen) atoms. The molecule has 1 aromatic heterocycles. The van der Waals surface area contributed by atoms with E-state index < -0.39 is 0 Å². The SMILES string of the molecule is Cc1ccc(F)cc1-c1csc(CN)c1. The van der Waals surface area contributed by atoms with Crippen molar-refractivity contribution in [2.75, 3.05) is 0 Å². The monoisotopic (exact) mass is 221 g/mol. The van der Waals surface area contributed by atoms with Gasteiger partial charge in [-0.1, -0.05) is 6.07 Å². The summed E-state index contributed by atoms with van der Waals surface area (Å²) in [5.41, 5.74) is 8.63. The maximum absolute atomic E-state index is 13.1. The maximum Gasteiger partial charge on any atom is 0.123 e. The zero-order chi connectivity index (χ0) is 10.8. The van der Waals surface area contributed by atoms with Crippen LogP contribution in [0.4, 0.5) is 4.39 Å². The van der Waals surface area contributed by atoms with Gasteiger partial charge in [0.25, 0.3) is 0 Å². The molecule has 0 atom stereocenters. The van der Waals surface area contributed by atoms with E-state index in [4.69, 9.17) is 5.73 Å². The number of nitrogens with two attached hydrogens (primary N) is 1. The Balaban J connectivity index is 2.48. The Labute approximate surface area is 92.4 Å². The number of thiophene rings is 1. The summed E-state index contributed by atoms with van der Waals surface area (Å²) in [4.78, 5) is 1.12. The van der Waals surface area contributed by atoms with E-state index in [0.29, 0.717) is 6.54 Å². The minimum absolute atomic E-state index is 0.198. The van der Waals surface area contributed by atoms with Crippen molar-refractivity contribution in [2.24, 2.45) is 5.73 Å². The van der Waals surface area contributed by atoms with Crippen molar-refractivity contribution in [3.63, 3.8) is 0 Å². The van der Waals surface area contributed by atoms with E-state index in [1.54, 1.807) is 23.5 Å². The van der Waals surface area contributed by atoms with Crippen LogP contribution in [0, 0.1) is 12.7 Å². The largest absolute Gasteiger partial charge is 0.326 e. The number of halogens is 1. The van der Waals surface area contributed by atoms with Gasteiger partial charge >= 0.3 is 0 Å². The minimum atomic E-state index is -0.198. The number of hydrogen-bond acceptors (Lipinski definition) is 2. The molecule has 0 bridgehead atoms. The van der Waals surface area contributed by atoms with E-state index in [1.165, 1.54) is 6.07 Å². The van der Waals surface area contributed by atoms with Crippen molar-refractivity contribution >= 4 is 11.3 Å². The average Bonchev–Trinajstić information content (AvgIpc) is 2.70. The van der Waals surface area contributed by atoms with Crippen LogP contribution in [0.5, 0.6) is 0 Å². The molecule has 2 aromatic rings. The Hall–Kier alpha value is -1.19. The Morgan fingerprint density at radius 2 is 2.13 bits per heavy atom. The molecule has 3 heteroatoms. The van der Waals surface area contributed by atoms with Crippen LogP contribution < -0.4 is 5.73 Å². The van der Waals surface area contributed by atoms with E-state index in [9.17, 15) is 4.39 Å². The number of aryl methyl sites for hydroxylation is 1. The van der Waals surface area contributed by atoms with Crippen LogP contribution in [0.15, 0.2) is 29.6 Å². The molecular formula is C12H12FNS. The van der Waals surface area contributed by atoms with Gasteiger partial charge in [0.2, 0.25) is 0 Å². The fraction of sp³-hybridized carbons (Fsp3) is 0.167. The van der Waals surface area contributed by atoms with Gasteiger partial charge in [-0.25, -0.2) is 4.39 Å². The molecule has 0 aliphatic carbocycles. The number of rotatable bonds is 2. The Morgan fingerprint density at radius 1 is 1.33 bits per heavy atom. The number of benzene rings is 1. The first-order valence-corrected chi connectivity index (χ1v) is 5.62.